The maximum absolute atomic E-state index is 6.05. The number of furan rings is 1. The van der Waals surface area contributed by atoms with E-state index in [1.807, 2.05) is 24.3 Å². The summed E-state index contributed by atoms with van der Waals surface area (Å²) in [5.41, 5.74) is 0.882. The Kier molecular flexibility index (Phi) is 4.17. The molecule has 1 unspecified atom stereocenters. The molecule has 0 spiro atoms. The van der Waals surface area contributed by atoms with Gasteiger partial charge in [0.25, 0.3) is 0 Å². The summed E-state index contributed by atoms with van der Waals surface area (Å²) in [6, 6.07) is 12.1. The van der Waals surface area contributed by atoms with Crippen molar-refractivity contribution in [2.24, 2.45) is 0 Å². The van der Waals surface area contributed by atoms with E-state index in [1.54, 1.807) is 11.3 Å². The molecule has 0 saturated heterocycles. The molecule has 0 bridgehead atoms. The molecule has 0 amide bonds. The second kappa shape index (κ2) is 5.90. The van der Waals surface area contributed by atoms with Gasteiger partial charge in [0.05, 0.1) is 8.81 Å². The fourth-order valence-corrected chi connectivity index (χ4v) is 3.83. The van der Waals surface area contributed by atoms with Crippen molar-refractivity contribution in [2.75, 3.05) is 6.54 Å². The Bertz CT molecular complexity index is 736. The maximum Gasteiger partial charge on any atom is 0.148 e. The first-order chi connectivity index (χ1) is 9.69. The van der Waals surface area contributed by atoms with E-state index in [0.717, 1.165) is 37.0 Å². The van der Waals surface area contributed by atoms with Crippen LogP contribution >= 0.6 is 38.9 Å². The Labute approximate surface area is 134 Å². The molecule has 3 rings (SSSR count). The minimum Gasteiger partial charge on any atom is -0.458 e. The number of hydrogen-bond acceptors (Lipinski definition) is 3. The molecule has 104 valence electrons. The quantitative estimate of drug-likeness (QED) is 0.646. The van der Waals surface area contributed by atoms with Gasteiger partial charge < -0.3 is 9.73 Å². The van der Waals surface area contributed by atoms with Gasteiger partial charge in [0.15, 0.2) is 0 Å². The third-order valence-corrected chi connectivity index (χ3v) is 5.01. The van der Waals surface area contributed by atoms with Crippen LogP contribution < -0.4 is 5.32 Å². The van der Waals surface area contributed by atoms with Gasteiger partial charge in [0.1, 0.15) is 17.4 Å². The van der Waals surface area contributed by atoms with Crippen molar-refractivity contribution in [3.05, 3.63) is 55.8 Å². The molecule has 1 N–H and O–H groups in total. The Morgan fingerprint density at radius 2 is 2.20 bits per heavy atom. The van der Waals surface area contributed by atoms with Crippen LogP contribution in [0.25, 0.3) is 11.0 Å². The highest BCUT2D eigenvalue weighted by atomic mass is 79.9. The molecule has 0 aliphatic carbocycles. The highest BCUT2D eigenvalue weighted by molar-refractivity contribution is 9.10. The fraction of sp³-hybridized carbons (Fsp3) is 0.200. The van der Waals surface area contributed by atoms with Crippen molar-refractivity contribution in [2.45, 2.75) is 13.0 Å². The van der Waals surface area contributed by atoms with Crippen LogP contribution in [0, 0.1) is 0 Å². The average molecular weight is 371 g/mol. The summed E-state index contributed by atoms with van der Waals surface area (Å²) in [7, 11) is 0. The second-order valence-electron chi connectivity index (χ2n) is 4.44. The van der Waals surface area contributed by atoms with E-state index >= 15 is 0 Å². The van der Waals surface area contributed by atoms with E-state index in [1.165, 1.54) is 0 Å². The van der Waals surface area contributed by atoms with Gasteiger partial charge in [-0.2, -0.15) is 0 Å². The van der Waals surface area contributed by atoms with Crippen LogP contribution in [0.2, 0.25) is 4.34 Å². The minimum absolute atomic E-state index is 0.0387. The third kappa shape index (κ3) is 2.66. The lowest BCUT2D eigenvalue weighted by molar-refractivity contribution is 0.480. The normalized spacial score (nSPS) is 12.9. The zero-order chi connectivity index (χ0) is 14.1. The molecular weight excluding hydrogens is 358 g/mol. The summed E-state index contributed by atoms with van der Waals surface area (Å²) in [6.45, 7) is 2.94. The van der Waals surface area contributed by atoms with Crippen LogP contribution in [-0.4, -0.2) is 6.54 Å². The van der Waals surface area contributed by atoms with E-state index in [9.17, 15) is 0 Å². The molecule has 2 heterocycles. The summed E-state index contributed by atoms with van der Waals surface area (Å²) >= 11 is 11.2. The van der Waals surface area contributed by atoms with Gasteiger partial charge in [-0.1, -0.05) is 30.7 Å². The van der Waals surface area contributed by atoms with Gasteiger partial charge in [-0.05, 0) is 46.7 Å². The molecule has 0 aliphatic rings. The molecule has 5 heteroatoms. The first-order valence-electron chi connectivity index (χ1n) is 6.35. The Hall–Kier alpha value is -0.810. The molecule has 0 radical (unpaired) electrons. The molecule has 0 saturated carbocycles. The first-order valence-corrected chi connectivity index (χ1v) is 8.34. The SMILES string of the molecule is CCNC(c1cc2cccc(Br)c2o1)c1ccc(Cl)s1. The lowest BCUT2D eigenvalue weighted by atomic mass is 10.1. The van der Waals surface area contributed by atoms with Gasteiger partial charge in [-0.25, -0.2) is 0 Å². The number of halogens is 2. The van der Waals surface area contributed by atoms with Crippen molar-refractivity contribution >= 4 is 49.8 Å². The molecule has 3 aromatic rings. The van der Waals surface area contributed by atoms with Crippen LogP contribution in [0.15, 0.2) is 45.3 Å². The predicted molar refractivity (Wildman–Crippen MR) is 88.8 cm³/mol. The Morgan fingerprint density at radius 3 is 2.85 bits per heavy atom. The number of fused-ring (bicyclic) bond motifs is 1. The largest absolute Gasteiger partial charge is 0.458 e. The van der Waals surface area contributed by atoms with Crippen LogP contribution in [-0.2, 0) is 0 Å². The number of hydrogen-bond donors (Lipinski definition) is 1. The molecule has 2 nitrogen and oxygen atoms in total. The molecule has 1 atom stereocenters. The topological polar surface area (TPSA) is 25.2 Å². The van der Waals surface area contributed by atoms with Crippen molar-refractivity contribution in [1.82, 2.24) is 5.32 Å². The number of para-hydroxylation sites is 1. The van der Waals surface area contributed by atoms with Crippen LogP contribution in [0.4, 0.5) is 0 Å². The summed E-state index contributed by atoms with van der Waals surface area (Å²) in [6.07, 6.45) is 0. The Balaban J connectivity index is 2.07. The van der Waals surface area contributed by atoms with Crippen molar-refractivity contribution in [3.63, 3.8) is 0 Å². The minimum atomic E-state index is 0.0387. The highest BCUT2D eigenvalue weighted by Gasteiger charge is 2.20. The standard InChI is InChI=1S/C15H13BrClNOS/c1-2-18-14(12-6-7-13(17)20-12)11-8-9-4-3-5-10(16)15(9)19-11/h3-8,14,18H,2H2,1H3. The zero-order valence-corrected chi connectivity index (χ0v) is 14.0. The van der Waals surface area contributed by atoms with Crippen molar-refractivity contribution in [1.29, 1.82) is 0 Å². The fourth-order valence-electron chi connectivity index (χ4n) is 2.22. The first kappa shape index (κ1) is 14.1. The number of nitrogens with one attached hydrogen (secondary N) is 1. The molecule has 0 fully saturated rings. The number of benzene rings is 1. The lowest BCUT2D eigenvalue weighted by Crippen LogP contribution is -2.20. The zero-order valence-electron chi connectivity index (χ0n) is 10.8. The maximum atomic E-state index is 6.05. The van der Waals surface area contributed by atoms with E-state index in [4.69, 9.17) is 16.0 Å². The summed E-state index contributed by atoms with van der Waals surface area (Å²) in [4.78, 5) is 1.16. The monoisotopic (exact) mass is 369 g/mol. The highest BCUT2D eigenvalue weighted by Crippen LogP contribution is 2.35. The predicted octanol–water partition coefficient (Wildman–Crippen LogP) is 5.61. The summed E-state index contributed by atoms with van der Waals surface area (Å²) in [5, 5.41) is 4.55. The van der Waals surface area contributed by atoms with Crippen LogP contribution in [0.3, 0.4) is 0 Å². The number of thiophene rings is 1. The third-order valence-electron chi connectivity index (χ3n) is 3.09. The Morgan fingerprint density at radius 1 is 1.35 bits per heavy atom. The molecule has 1 aromatic carbocycles. The smallest absolute Gasteiger partial charge is 0.148 e. The molecule has 2 aromatic heterocycles. The second-order valence-corrected chi connectivity index (χ2v) is 7.04. The van der Waals surface area contributed by atoms with Gasteiger partial charge in [0.2, 0.25) is 0 Å². The number of rotatable bonds is 4. The summed E-state index contributed by atoms with van der Waals surface area (Å²) in [5.74, 6) is 0.910. The van der Waals surface area contributed by atoms with Crippen molar-refractivity contribution < 1.29 is 4.42 Å². The van der Waals surface area contributed by atoms with E-state index in [-0.39, 0.29) is 6.04 Å². The molecule has 0 aliphatic heterocycles. The lowest BCUT2D eigenvalue weighted by Gasteiger charge is -2.13. The average Bonchev–Trinajstić information content (AvgIpc) is 3.03. The van der Waals surface area contributed by atoms with Gasteiger partial charge >= 0.3 is 0 Å². The van der Waals surface area contributed by atoms with Crippen LogP contribution in [0.5, 0.6) is 0 Å². The molecular formula is C15H13BrClNOS. The van der Waals surface area contributed by atoms with Gasteiger partial charge in [-0.15, -0.1) is 11.3 Å². The van der Waals surface area contributed by atoms with Gasteiger partial charge in [0, 0.05) is 10.3 Å². The van der Waals surface area contributed by atoms with E-state index in [2.05, 4.69) is 40.3 Å². The molecule has 20 heavy (non-hydrogen) atoms. The summed E-state index contributed by atoms with van der Waals surface area (Å²) < 4.78 is 7.80. The van der Waals surface area contributed by atoms with Crippen molar-refractivity contribution in [3.8, 4) is 0 Å². The van der Waals surface area contributed by atoms with Gasteiger partial charge in [-0.3, -0.25) is 0 Å². The van der Waals surface area contributed by atoms with E-state index < -0.39 is 0 Å². The van der Waals surface area contributed by atoms with Crippen LogP contribution in [0.1, 0.15) is 23.6 Å². The van der Waals surface area contributed by atoms with E-state index in [0.29, 0.717) is 0 Å².